The molecule has 0 aliphatic rings. The molecule has 8 heteroatoms. The van der Waals surface area contributed by atoms with Crippen LogP contribution < -0.4 is 9.47 Å². The predicted molar refractivity (Wildman–Crippen MR) is 109 cm³/mol. The highest BCUT2D eigenvalue weighted by Crippen LogP contribution is 2.28. The van der Waals surface area contributed by atoms with Crippen LogP contribution in [0.5, 0.6) is 11.5 Å². The van der Waals surface area contributed by atoms with Crippen LogP contribution in [-0.4, -0.2) is 93.5 Å². The number of methoxy groups -OCH3 is 2. The molecule has 0 saturated carbocycles. The zero-order chi connectivity index (χ0) is 21.0. The summed E-state index contributed by atoms with van der Waals surface area (Å²) in [4.78, 5) is 0. The van der Waals surface area contributed by atoms with Gasteiger partial charge in [-0.3, -0.25) is 0 Å². The van der Waals surface area contributed by atoms with E-state index in [1.54, 1.807) is 14.2 Å². The Kier molecular flexibility index (Phi) is 16.4. The Morgan fingerprint density at radius 1 is 0.517 bits per heavy atom. The van der Waals surface area contributed by atoms with E-state index >= 15 is 0 Å². The van der Waals surface area contributed by atoms with Crippen LogP contribution in [0.3, 0.4) is 0 Å². The average Bonchev–Trinajstić information content (AvgIpc) is 2.72. The molecule has 0 unspecified atom stereocenters. The Hall–Kier alpha value is -1.42. The molecule has 0 N–H and O–H groups in total. The lowest BCUT2D eigenvalue weighted by molar-refractivity contribution is 0.0159. The Morgan fingerprint density at radius 3 is 1.41 bits per heavy atom. The number of benzene rings is 1. The topological polar surface area (TPSA) is 73.8 Å². The summed E-state index contributed by atoms with van der Waals surface area (Å²) in [6.45, 7) is 8.30. The van der Waals surface area contributed by atoms with Crippen molar-refractivity contribution in [3.63, 3.8) is 0 Å². The van der Waals surface area contributed by atoms with Gasteiger partial charge in [0.15, 0.2) is 11.5 Å². The summed E-state index contributed by atoms with van der Waals surface area (Å²) in [7, 11) is 3.29. The lowest BCUT2D eigenvalue weighted by atomic mass is 10.2. The molecule has 8 nitrogen and oxygen atoms in total. The molecule has 29 heavy (non-hydrogen) atoms. The molecule has 168 valence electrons. The van der Waals surface area contributed by atoms with E-state index in [1.165, 1.54) is 0 Å². The molecule has 1 aromatic rings. The molecule has 0 saturated heterocycles. The molecule has 1 aromatic carbocycles. The van der Waals surface area contributed by atoms with Gasteiger partial charge in [-0.15, -0.1) is 0 Å². The first-order valence-electron chi connectivity index (χ1n) is 9.93. The van der Waals surface area contributed by atoms with Crippen molar-refractivity contribution >= 4 is 0 Å². The van der Waals surface area contributed by atoms with E-state index in [2.05, 4.69) is 0 Å². The van der Waals surface area contributed by atoms with Gasteiger partial charge in [0.25, 0.3) is 0 Å². The summed E-state index contributed by atoms with van der Waals surface area (Å²) in [6, 6.07) is 5.84. The molecular formula is C21H36O8. The van der Waals surface area contributed by atoms with Gasteiger partial charge < -0.3 is 37.9 Å². The summed E-state index contributed by atoms with van der Waals surface area (Å²) in [5.41, 5.74) is 1.10. The first kappa shape index (κ1) is 25.6. The minimum Gasteiger partial charge on any atom is -0.487 e. The number of ether oxygens (including phenoxy) is 8. The van der Waals surface area contributed by atoms with E-state index in [1.807, 2.05) is 25.1 Å². The van der Waals surface area contributed by atoms with Gasteiger partial charge in [0.05, 0.1) is 66.1 Å². The van der Waals surface area contributed by atoms with Gasteiger partial charge in [-0.05, 0) is 24.6 Å². The highest BCUT2D eigenvalue weighted by molar-refractivity contribution is 5.42. The SMILES string of the molecule is COCCOCCOCCOc1ccc(C)cc1OCCOCCOCCOC. The smallest absolute Gasteiger partial charge is 0.161 e. The second kappa shape index (κ2) is 18.6. The Morgan fingerprint density at radius 2 is 0.931 bits per heavy atom. The predicted octanol–water partition coefficient (Wildman–Crippen LogP) is 2.11. The quantitative estimate of drug-likeness (QED) is 0.299. The Labute approximate surface area is 174 Å². The van der Waals surface area contributed by atoms with Crippen molar-refractivity contribution in [1.29, 1.82) is 0 Å². The van der Waals surface area contributed by atoms with Gasteiger partial charge in [0.2, 0.25) is 0 Å². The van der Waals surface area contributed by atoms with E-state index in [9.17, 15) is 0 Å². The lowest BCUT2D eigenvalue weighted by Gasteiger charge is -2.14. The summed E-state index contributed by atoms with van der Waals surface area (Å²) in [5, 5.41) is 0. The number of rotatable bonds is 20. The van der Waals surface area contributed by atoms with Gasteiger partial charge in [-0.2, -0.15) is 0 Å². The van der Waals surface area contributed by atoms with Gasteiger partial charge >= 0.3 is 0 Å². The molecule has 0 atom stereocenters. The first-order valence-corrected chi connectivity index (χ1v) is 9.93. The van der Waals surface area contributed by atoms with Gasteiger partial charge in [-0.25, -0.2) is 0 Å². The number of hydrogen-bond acceptors (Lipinski definition) is 8. The van der Waals surface area contributed by atoms with Gasteiger partial charge in [-0.1, -0.05) is 6.07 Å². The van der Waals surface area contributed by atoms with Crippen molar-refractivity contribution in [2.45, 2.75) is 6.92 Å². The maximum atomic E-state index is 5.81. The van der Waals surface area contributed by atoms with Gasteiger partial charge in [0.1, 0.15) is 13.2 Å². The van der Waals surface area contributed by atoms with Crippen LogP contribution in [0.2, 0.25) is 0 Å². The maximum Gasteiger partial charge on any atom is 0.161 e. The van der Waals surface area contributed by atoms with E-state index in [4.69, 9.17) is 37.9 Å². The molecular weight excluding hydrogens is 380 g/mol. The van der Waals surface area contributed by atoms with Crippen LogP contribution in [0.1, 0.15) is 5.56 Å². The van der Waals surface area contributed by atoms with Crippen molar-refractivity contribution in [3.05, 3.63) is 23.8 Å². The zero-order valence-electron chi connectivity index (χ0n) is 18.0. The standard InChI is InChI=1S/C21H36O8/c1-19-4-5-20(28-16-14-26-12-10-24-8-6-22-2)21(18-19)29-17-15-27-13-11-25-9-7-23-3/h4-5,18H,6-17H2,1-3H3. The minimum absolute atomic E-state index is 0.437. The third-order valence-corrected chi connectivity index (χ3v) is 3.68. The second-order valence-corrected chi connectivity index (χ2v) is 6.08. The van der Waals surface area contributed by atoms with E-state index in [-0.39, 0.29) is 0 Å². The van der Waals surface area contributed by atoms with Crippen LogP contribution in [0.15, 0.2) is 18.2 Å². The Bertz CT molecular complexity index is 498. The second-order valence-electron chi connectivity index (χ2n) is 6.08. The van der Waals surface area contributed by atoms with Crippen LogP contribution in [0, 0.1) is 6.92 Å². The normalized spacial score (nSPS) is 11.0. The minimum atomic E-state index is 0.437. The van der Waals surface area contributed by atoms with Crippen molar-refractivity contribution in [3.8, 4) is 11.5 Å². The van der Waals surface area contributed by atoms with Gasteiger partial charge in [0, 0.05) is 14.2 Å². The third kappa shape index (κ3) is 14.2. The lowest BCUT2D eigenvalue weighted by Crippen LogP contribution is -2.14. The maximum absolute atomic E-state index is 5.81. The van der Waals surface area contributed by atoms with Crippen LogP contribution in [0.25, 0.3) is 0 Å². The molecule has 0 spiro atoms. The largest absolute Gasteiger partial charge is 0.487 e. The summed E-state index contributed by atoms with van der Waals surface area (Å²) >= 11 is 0. The van der Waals surface area contributed by atoms with Crippen molar-refractivity contribution in [2.24, 2.45) is 0 Å². The number of hydrogen-bond donors (Lipinski definition) is 0. The zero-order valence-corrected chi connectivity index (χ0v) is 18.0. The van der Waals surface area contributed by atoms with Crippen LogP contribution in [0.4, 0.5) is 0 Å². The fourth-order valence-electron chi connectivity index (χ4n) is 2.20. The third-order valence-electron chi connectivity index (χ3n) is 3.68. The van der Waals surface area contributed by atoms with E-state index in [0.717, 1.165) is 5.56 Å². The highest BCUT2D eigenvalue weighted by atomic mass is 16.6. The van der Waals surface area contributed by atoms with Crippen LogP contribution >= 0.6 is 0 Å². The molecule has 0 heterocycles. The number of aryl methyl sites for hydroxylation is 1. The fourth-order valence-corrected chi connectivity index (χ4v) is 2.20. The molecule has 0 bridgehead atoms. The fraction of sp³-hybridized carbons (Fsp3) is 0.714. The molecule has 0 radical (unpaired) electrons. The molecule has 1 rings (SSSR count). The molecule has 0 fully saturated rings. The summed E-state index contributed by atoms with van der Waals surface area (Å²) in [5.74, 6) is 1.39. The van der Waals surface area contributed by atoms with Crippen molar-refractivity contribution in [1.82, 2.24) is 0 Å². The molecule has 0 aliphatic carbocycles. The average molecular weight is 417 g/mol. The van der Waals surface area contributed by atoms with E-state index < -0.39 is 0 Å². The van der Waals surface area contributed by atoms with E-state index in [0.29, 0.717) is 90.8 Å². The monoisotopic (exact) mass is 416 g/mol. The van der Waals surface area contributed by atoms with Crippen molar-refractivity contribution in [2.75, 3.05) is 93.5 Å². The highest BCUT2D eigenvalue weighted by Gasteiger charge is 2.06. The van der Waals surface area contributed by atoms with Crippen molar-refractivity contribution < 1.29 is 37.9 Å². The molecule has 0 amide bonds. The van der Waals surface area contributed by atoms with Crippen LogP contribution in [-0.2, 0) is 28.4 Å². The molecule has 0 aromatic heterocycles. The summed E-state index contributed by atoms with van der Waals surface area (Å²) < 4.78 is 43.1. The summed E-state index contributed by atoms with van der Waals surface area (Å²) in [6.07, 6.45) is 0. The first-order chi connectivity index (χ1) is 14.3. The molecule has 0 aliphatic heterocycles. The Balaban J connectivity index is 2.14.